The summed E-state index contributed by atoms with van der Waals surface area (Å²) >= 11 is 9.16. The molecule has 0 aliphatic rings. The third-order valence-electron chi connectivity index (χ3n) is 1.85. The largest absolute Gasteiger partial charge is 0.457 e. The van der Waals surface area contributed by atoms with Crippen LogP contribution in [-0.4, -0.2) is 0 Å². The van der Waals surface area contributed by atoms with E-state index >= 15 is 0 Å². The maximum atomic E-state index is 5.78. The van der Waals surface area contributed by atoms with Crippen LogP contribution in [0.15, 0.2) is 53.0 Å². The minimum atomic E-state index is 0.705. The summed E-state index contributed by atoms with van der Waals surface area (Å²) in [4.78, 5) is 0. The summed E-state index contributed by atoms with van der Waals surface area (Å²) in [5, 5.41) is 0.705. The summed E-state index contributed by atoms with van der Waals surface area (Å²) < 4.78 is 6.62. The van der Waals surface area contributed by atoms with Crippen molar-refractivity contribution in [3.05, 3.63) is 58.0 Å². The Hall–Kier alpha value is -0.990. The third kappa shape index (κ3) is 2.98. The summed E-state index contributed by atoms with van der Waals surface area (Å²) in [7, 11) is 0. The normalized spacial score (nSPS) is 10.0. The van der Waals surface area contributed by atoms with Gasteiger partial charge in [0.25, 0.3) is 0 Å². The first-order valence-corrected chi connectivity index (χ1v) is 5.60. The lowest BCUT2D eigenvalue weighted by Gasteiger charge is -2.05. The van der Waals surface area contributed by atoms with Gasteiger partial charge in [0.15, 0.2) is 0 Å². The molecule has 1 nitrogen and oxygen atoms in total. The van der Waals surface area contributed by atoms with Crippen molar-refractivity contribution in [3.63, 3.8) is 0 Å². The minimum Gasteiger partial charge on any atom is -0.457 e. The number of halogens is 2. The van der Waals surface area contributed by atoms with Crippen molar-refractivity contribution < 1.29 is 4.74 Å². The van der Waals surface area contributed by atoms with E-state index in [9.17, 15) is 0 Å². The molecule has 76 valence electrons. The lowest BCUT2D eigenvalue weighted by atomic mass is 10.3. The molecule has 0 unspecified atom stereocenters. The summed E-state index contributed by atoms with van der Waals surface area (Å²) in [5.41, 5.74) is 0. The van der Waals surface area contributed by atoms with Crippen LogP contribution in [0.3, 0.4) is 0 Å². The molecule has 2 aromatic carbocycles. The molecule has 0 aromatic heterocycles. The number of hydrogen-bond acceptors (Lipinski definition) is 1. The van der Waals surface area contributed by atoms with Crippen LogP contribution in [0.2, 0.25) is 5.02 Å². The maximum Gasteiger partial charge on any atom is 0.128 e. The molecule has 0 bridgehead atoms. The molecule has 0 heterocycles. The second-order valence-electron chi connectivity index (χ2n) is 3.01. The van der Waals surface area contributed by atoms with Crippen LogP contribution in [0, 0.1) is 0 Å². The van der Waals surface area contributed by atoms with Crippen LogP contribution in [0.1, 0.15) is 0 Å². The zero-order valence-electron chi connectivity index (χ0n) is 7.78. The standard InChI is InChI=1S/C12H8BrClO/c13-9-2-1-3-12(8-9)15-11-6-4-10(14)5-7-11/h1-8H. The molecule has 0 aliphatic heterocycles. The van der Waals surface area contributed by atoms with Gasteiger partial charge < -0.3 is 4.74 Å². The van der Waals surface area contributed by atoms with Gasteiger partial charge in [-0.05, 0) is 42.5 Å². The Labute approximate surface area is 102 Å². The fourth-order valence-corrected chi connectivity index (χ4v) is 1.67. The van der Waals surface area contributed by atoms with Gasteiger partial charge in [-0.2, -0.15) is 0 Å². The van der Waals surface area contributed by atoms with Crippen molar-refractivity contribution in [1.29, 1.82) is 0 Å². The molecule has 0 N–H and O–H groups in total. The average molecular weight is 284 g/mol. The Morgan fingerprint density at radius 1 is 0.933 bits per heavy atom. The van der Waals surface area contributed by atoms with Gasteiger partial charge in [-0.25, -0.2) is 0 Å². The number of ether oxygens (including phenoxy) is 1. The molecule has 0 saturated heterocycles. The predicted octanol–water partition coefficient (Wildman–Crippen LogP) is 4.89. The van der Waals surface area contributed by atoms with E-state index < -0.39 is 0 Å². The lowest BCUT2D eigenvalue weighted by molar-refractivity contribution is 0.482. The Bertz CT molecular complexity index is 453. The van der Waals surface area contributed by atoms with Crippen LogP contribution in [0.5, 0.6) is 11.5 Å². The molecule has 3 heteroatoms. The Morgan fingerprint density at radius 3 is 2.33 bits per heavy atom. The highest BCUT2D eigenvalue weighted by Crippen LogP contribution is 2.25. The Morgan fingerprint density at radius 2 is 1.67 bits per heavy atom. The van der Waals surface area contributed by atoms with Crippen molar-refractivity contribution in [2.45, 2.75) is 0 Å². The van der Waals surface area contributed by atoms with Crippen molar-refractivity contribution in [3.8, 4) is 11.5 Å². The number of hydrogen-bond donors (Lipinski definition) is 0. The molecule has 0 atom stereocenters. The van der Waals surface area contributed by atoms with E-state index in [1.165, 1.54) is 0 Å². The quantitative estimate of drug-likeness (QED) is 0.762. The van der Waals surface area contributed by atoms with E-state index in [-0.39, 0.29) is 0 Å². The van der Waals surface area contributed by atoms with Gasteiger partial charge in [-0.1, -0.05) is 33.6 Å². The maximum absolute atomic E-state index is 5.78. The van der Waals surface area contributed by atoms with Gasteiger partial charge in [0.1, 0.15) is 11.5 Å². The SMILES string of the molecule is Clc1ccc(Oc2cccc(Br)c2)cc1. The van der Waals surface area contributed by atoms with Gasteiger partial charge >= 0.3 is 0 Å². The second-order valence-corrected chi connectivity index (χ2v) is 4.37. The highest BCUT2D eigenvalue weighted by Gasteiger charge is 1.97. The first-order valence-electron chi connectivity index (χ1n) is 4.43. The van der Waals surface area contributed by atoms with Crippen LogP contribution < -0.4 is 4.74 Å². The topological polar surface area (TPSA) is 9.23 Å². The summed E-state index contributed by atoms with van der Waals surface area (Å²) in [6, 6.07) is 15.0. The van der Waals surface area contributed by atoms with E-state index in [1.54, 1.807) is 12.1 Å². The monoisotopic (exact) mass is 282 g/mol. The minimum absolute atomic E-state index is 0.705. The summed E-state index contributed by atoms with van der Waals surface area (Å²) in [6.45, 7) is 0. The Kier molecular flexibility index (Phi) is 3.29. The summed E-state index contributed by atoms with van der Waals surface area (Å²) in [6.07, 6.45) is 0. The van der Waals surface area contributed by atoms with E-state index in [1.807, 2.05) is 36.4 Å². The predicted molar refractivity (Wildman–Crippen MR) is 65.7 cm³/mol. The summed E-state index contributed by atoms with van der Waals surface area (Å²) in [5.74, 6) is 1.57. The average Bonchev–Trinajstić information content (AvgIpc) is 2.22. The van der Waals surface area contributed by atoms with Crippen LogP contribution in [0.4, 0.5) is 0 Å². The van der Waals surface area contributed by atoms with Crippen molar-refractivity contribution >= 4 is 27.5 Å². The number of benzene rings is 2. The van der Waals surface area contributed by atoms with E-state index in [0.29, 0.717) is 5.02 Å². The van der Waals surface area contributed by atoms with Gasteiger partial charge in [0.05, 0.1) is 0 Å². The smallest absolute Gasteiger partial charge is 0.128 e. The van der Waals surface area contributed by atoms with Crippen molar-refractivity contribution in [2.75, 3.05) is 0 Å². The third-order valence-corrected chi connectivity index (χ3v) is 2.59. The van der Waals surface area contributed by atoms with Crippen molar-refractivity contribution in [2.24, 2.45) is 0 Å². The molecule has 15 heavy (non-hydrogen) atoms. The highest BCUT2D eigenvalue weighted by molar-refractivity contribution is 9.10. The van der Waals surface area contributed by atoms with Crippen LogP contribution in [-0.2, 0) is 0 Å². The molecule has 2 aromatic rings. The van der Waals surface area contributed by atoms with Crippen LogP contribution in [0.25, 0.3) is 0 Å². The highest BCUT2D eigenvalue weighted by atomic mass is 79.9. The van der Waals surface area contributed by atoms with Gasteiger partial charge in [-0.15, -0.1) is 0 Å². The fraction of sp³-hybridized carbons (Fsp3) is 0. The van der Waals surface area contributed by atoms with Crippen molar-refractivity contribution in [1.82, 2.24) is 0 Å². The zero-order chi connectivity index (χ0) is 10.7. The van der Waals surface area contributed by atoms with E-state index in [0.717, 1.165) is 16.0 Å². The molecule has 0 fully saturated rings. The lowest BCUT2D eigenvalue weighted by Crippen LogP contribution is -1.82. The Balaban J connectivity index is 2.18. The first-order chi connectivity index (χ1) is 7.24. The van der Waals surface area contributed by atoms with Crippen LogP contribution >= 0.6 is 27.5 Å². The molecule has 0 radical (unpaired) electrons. The first kappa shape index (κ1) is 10.5. The molecule has 0 spiro atoms. The molecule has 0 amide bonds. The van der Waals surface area contributed by atoms with Gasteiger partial charge in [0, 0.05) is 9.50 Å². The second kappa shape index (κ2) is 4.69. The zero-order valence-corrected chi connectivity index (χ0v) is 10.1. The van der Waals surface area contributed by atoms with E-state index in [2.05, 4.69) is 15.9 Å². The van der Waals surface area contributed by atoms with Gasteiger partial charge in [-0.3, -0.25) is 0 Å². The molecule has 0 aliphatic carbocycles. The number of rotatable bonds is 2. The molecular formula is C12H8BrClO. The molecule has 0 saturated carbocycles. The fourth-order valence-electron chi connectivity index (χ4n) is 1.17. The van der Waals surface area contributed by atoms with E-state index in [4.69, 9.17) is 16.3 Å². The van der Waals surface area contributed by atoms with Gasteiger partial charge in [0.2, 0.25) is 0 Å². The molecular weight excluding hydrogens is 275 g/mol. The molecule has 2 rings (SSSR count).